The number of rotatable bonds is 0. The molecule has 0 amide bonds. The van der Waals surface area contributed by atoms with Gasteiger partial charge in [0.25, 0.3) is 0 Å². The zero-order chi connectivity index (χ0) is 8.72. The maximum Gasteiger partial charge on any atom is 0.147 e. The van der Waals surface area contributed by atoms with Crippen molar-refractivity contribution in [3.05, 3.63) is 26.5 Å². The average Bonchev–Trinajstić information content (AvgIpc) is 2.41. The van der Waals surface area contributed by atoms with Gasteiger partial charge in [0.05, 0.1) is 9.17 Å². The largest absolute Gasteiger partial charge is 0.505 e. The van der Waals surface area contributed by atoms with E-state index in [0.29, 0.717) is 5.75 Å². The summed E-state index contributed by atoms with van der Waals surface area (Å²) in [4.78, 5) is 0. The number of fused-ring (bicyclic) bond motifs is 1. The number of aromatic hydroxyl groups is 1. The van der Waals surface area contributed by atoms with Crippen molar-refractivity contribution in [1.82, 2.24) is 0 Å². The normalized spacial score (nSPS) is 10.8. The third kappa shape index (κ3) is 1.18. The van der Waals surface area contributed by atoms with E-state index >= 15 is 0 Å². The minimum atomic E-state index is 0.322. The summed E-state index contributed by atoms with van der Waals surface area (Å²) >= 11 is 8.20. The number of thiophene rings is 1. The van der Waals surface area contributed by atoms with Crippen LogP contribution in [-0.2, 0) is 0 Å². The van der Waals surface area contributed by atoms with Crippen LogP contribution in [0.5, 0.6) is 5.75 Å². The van der Waals surface area contributed by atoms with Gasteiger partial charge in [0.1, 0.15) is 5.75 Å². The monoisotopic (exact) mass is 306 g/mol. The van der Waals surface area contributed by atoms with Crippen molar-refractivity contribution in [3.63, 3.8) is 0 Å². The van der Waals surface area contributed by atoms with Crippen molar-refractivity contribution < 1.29 is 5.11 Å². The molecule has 0 spiro atoms. The summed E-state index contributed by atoms with van der Waals surface area (Å²) in [5.41, 5.74) is 0. The molecule has 1 nitrogen and oxygen atoms in total. The predicted octanol–water partition coefficient (Wildman–Crippen LogP) is 4.13. The Balaban J connectivity index is 2.93. The fourth-order valence-corrected chi connectivity index (χ4v) is 3.11. The first-order valence-corrected chi connectivity index (χ1v) is 5.71. The first-order valence-electron chi connectivity index (χ1n) is 3.24. The molecule has 1 heterocycles. The fraction of sp³-hybridized carbons (Fsp3) is 0. The molecule has 1 aromatic carbocycles. The molecule has 12 heavy (non-hydrogen) atoms. The second kappa shape index (κ2) is 3.01. The summed E-state index contributed by atoms with van der Waals surface area (Å²) in [6.45, 7) is 0. The summed E-state index contributed by atoms with van der Waals surface area (Å²) in [5.74, 6) is 0.322. The Hall–Kier alpha value is -0.0600. The number of hydrogen-bond donors (Lipinski definition) is 1. The highest BCUT2D eigenvalue weighted by atomic mass is 79.9. The number of halogens is 2. The summed E-state index contributed by atoms with van der Waals surface area (Å²) in [5, 5.41) is 12.6. The molecule has 2 rings (SSSR count). The maximum atomic E-state index is 9.61. The van der Waals surface area contributed by atoms with E-state index in [1.165, 1.54) is 11.3 Å². The van der Waals surface area contributed by atoms with Gasteiger partial charge in [-0.05, 0) is 37.9 Å². The van der Waals surface area contributed by atoms with E-state index in [0.717, 1.165) is 19.0 Å². The van der Waals surface area contributed by atoms with Crippen LogP contribution in [0.1, 0.15) is 0 Å². The van der Waals surface area contributed by atoms with Crippen molar-refractivity contribution in [2.45, 2.75) is 0 Å². The molecule has 4 heteroatoms. The molecular formula is C8H4Br2OS. The Kier molecular flexibility index (Phi) is 2.14. The van der Waals surface area contributed by atoms with Gasteiger partial charge in [-0.25, -0.2) is 0 Å². The van der Waals surface area contributed by atoms with Gasteiger partial charge in [-0.15, -0.1) is 11.3 Å². The molecule has 1 aromatic heterocycles. The third-order valence-corrected chi connectivity index (χ3v) is 4.22. The molecule has 62 valence electrons. The van der Waals surface area contributed by atoms with Crippen molar-refractivity contribution >= 4 is 53.3 Å². The molecule has 0 fully saturated rings. The summed E-state index contributed by atoms with van der Waals surface area (Å²) < 4.78 is 2.69. The van der Waals surface area contributed by atoms with E-state index in [1.807, 2.05) is 17.5 Å². The van der Waals surface area contributed by atoms with Crippen molar-refractivity contribution in [3.8, 4) is 5.75 Å². The van der Waals surface area contributed by atoms with Crippen molar-refractivity contribution in [2.75, 3.05) is 0 Å². The van der Waals surface area contributed by atoms with Gasteiger partial charge < -0.3 is 5.11 Å². The second-order valence-electron chi connectivity index (χ2n) is 2.36. The highest BCUT2D eigenvalue weighted by molar-refractivity contribution is 9.11. The lowest BCUT2D eigenvalue weighted by Crippen LogP contribution is -1.69. The van der Waals surface area contributed by atoms with Crippen LogP contribution in [0.25, 0.3) is 10.1 Å². The average molecular weight is 308 g/mol. The quantitative estimate of drug-likeness (QED) is 0.776. The first kappa shape index (κ1) is 8.53. The van der Waals surface area contributed by atoms with Crippen LogP contribution in [0.4, 0.5) is 0 Å². The molecule has 0 radical (unpaired) electrons. The highest BCUT2D eigenvalue weighted by Crippen LogP contribution is 2.39. The van der Waals surface area contributed by atoms with Gasteiger partial charge in [0.15, 0.2) is 0 Å². The van der Waals surface area contributed by atoms with Crippen molar-refractivity contribution in [2.24, 2.45) is 0 Å². The van der Waals surface area contributed by atoms with Crippen LogP contribution < -0.4 is 0 Å². The van der Waals surface area contributed by atoms with E-state index < -0.39 is 0 Å². The summed E-state index contributed by atoms with van der Waals surface area (Å²) in [6.07, 6.45) is 0. The molecule has 2 aromatic rings. The van der Waals surface area contributed by atoms with Gasteiger partial charge in [-0.3, -0.25) is 0 Å². The number of phenols is 1. The Morgan fingerprint density at radius 2 is 1.92 bits per heavy atom. The molecule has 0 saturated carbocycles. The molecule has 1 N–H and O–H groups in total. The molecule has 0 aliphatic rings. The Morgan fingerprint density at radius 1 is 1.17 bits per heavy atom. The van der Waals surface area contributed by atoms with E-state index in [9.17, 15) is 5.11 Å². The Morgan fingerprint density at radius 3 is 2.67 bits per heavy atom. The van der Waals surface area contributed by atoms with E-state index in [4.69, 9.17) is 0 Å². The lowest BCUT2D eigenvalue weighted by atomic mass is 10.2. The lowest BCUT2D eigenvalue weighted by molar-refractivity contribution is 0.479. The van der Waals surface area contributed by atoms with Crippen LogP contribution in [0, 0.1) is 0 Å². The van der Waals surface area contributed by atoms with Gasteiger partial charge in [0, 0.05) is 15.2 Å². The van der Waals surface area contributed by atoms with Gasteiger partial charge in [-0.2, -0.15) is 0 Å². The smallest absolute Gasteiger partial charge is 0.147 e. The minimum absolute atomic E-state index is 0.322. The van der Waals surface area contributed by atoms with E-state index in [-0.39, 0.29) is 0 Å². The fourth-order valence-electron chi connectivity index (χ4n) is 1.03. The lowest BCUT2D eigenvalue weighted by Gasteiger charge is -1.97. The number of phenolic OH excluding ortho intramolecular Hbond substituents is 1. The van der Waals surface area contributed by atoms with Gasteiger partial charge in [0.2, 0.25) is 0 Å². The van der Waals surface area contributed by atoms with E-state index in [2.05, 4.69) is 31.9 Å². The SMILES string of the molecule is Oc1c(Br)ccc2c(Br)csc12. The van der Waals surface area contributed by atoms with Crippen LogP contribution in [0.15, 0.2) is 26.5 Å². The zero-order valence-electron chi connectivity index (χ0n) is 5.84. The highest BCUT2D eigenvalue weighted by Gasteiger charge is 2.07. The number of hydrogen-bond acceptors (Lipinski definition) is 2. The van der Waals surface area contributed by atoms with Gasteiger partial charge in [-0.1, -0.05) is 6.07 Å². The van der Waals surface area contributed by atoms with Crippen LogP contribution in [-0.4, -0.2) is 5.11 Å². The first-order chi connectivity index (χ1) is 5.70. The van der Waals surface area contributed by atoms with Crippen molar-refractivity contribution in [1.29, 1.82) is 0 Å². The molecule has 0 aliphatic heterocycles. The van der Waals surface area contributed by atoms with E-state index in [1.54, 1.807) is 0 Å². The Bertz CT molecular complexity index is 436. The molecular weight excluding hydrogens is 304 g/mol. The molecule has 0 aliphatic carbocycles. The molecule has 0 saturated heterocycles. The standard InChI is InChI=1S/C8H4Br2OS/c9-5-2-1-4-6(10)3-12-8(4)7(5)11/h1-3,11H. The Labute approximate surface area is 90.3 Å². The second-order valence-corrected chi connectivity index (χ2v) is 4.94. The van der Waals surface area contributed by atoms with Crippen LogP contribution in [0.2, 0.25) is 0 Å². The zero-order valence-corrected chi connectivity index (χ0v) is 9.83. The summed E-state index contributed by atoms with van der Waals surface area (Å²) in [7, 11) is 0. The molecule has 0 unspecified atom stereocenters. The van der Waals surface area contributed by atoms with Gasteiger partial charge >= 0.3 is 0 Å². The summed E-state index contributed by atoms with van der Waals surface area (Å²) in [6, 6.07) is 3.81. The topological polar surface area (TPSA) is 20.2 Å². The molecule has 0 atom stereocenters. The third-order valence-electron chi connectivity index (χ3n) is 1.62. The van der Waals surface area contributed by atoms with Crippen LogP contribution in [0.3, 0.4) is 0 Å². The van der Waals surface area contributed by atoms with Crippen LogP contribution >= 0.6 is 43.2 Å². The maximum absolute atomic E-state index is 9.61. The number of benzene rings is 1. The molecule has 0 bridgehead atoms. The predicted molar refractivity (Wildman–Crippen MR) is 58.9 cm³/mol. The minimum Gasteiger partial charge on any atom is -0.505 e.